The molecule has 0 saturated carbocycles. The van der Waals surface area contributed by atoms with Crippen molar-refractivity contribution in [1.29, 1.82) is 0 Å². The molecule has 0 unspecified atom stereocenters. The van der Waals surface area contributed by atoms with Gasteiger partial charge in [-0.15, -0.1) is 0 Å². The van der Waals surface area contributed by atoms with Crippen LogP contribution in [0.15, 0.2) is 42.7 Å². The standard InChI is InChI=1S/C13H11N3O/c1-9-7-11-14-8-15-16(11)13(17)12(9)10-5-3-2-4-6-10/h2-8,17H,1H3. The molecule has 4 nitrogen and oxygen atoms in total. The Kier molecular flexibility index (Phi) is 2.08. The zero-order valence-corrected chi connectivity index (χ0v) is 9.33. The topological polar surface area (TPSA) is 50.4 Å². The van der Waals surface area contributed by atoms with E-state index in [0.717, 1.165) is 16.7 Å². The molecule has 4 heteroatoms. The van der Waals surface area contributed by atoms with Gasteiger partial charge in [-0.05, 0) is 24.1 Å². The third kappa shape index (κ3) is 1.45. The fraction of sp³-hybridized carbons (Fsp3) is 0.0769. The van der Waals surface area contributed by atoms with E-state index in [1.54, 1.807) is 0 Å². The van der Waals surface area contributed by atoms with E-state index in [9.17, 15) is 5.11 Å². The van der Waals surface area contributed by atoms with Crippen LogP contribution in [0.5, 0.6) is 5.88 Å². The van der Waals surface area contributed by atoms with Crippen LogP contribution < -0.4 is 0 Å². The Labute approximate surface area is 98.2 Å². The number of benzene rings is 1. The summed E-state index contributed by atoms with van der Waals surface area (Å²) < 4.78 is 1.44. The molecule has 0 amide bonds. The molecular formula is C13H11N3O. The molecule has 0 spiro atoms. The summed E-state index contributed by atoms with van der Waals surface area (Å²) in [7, 11) is 0. The monoisotopic (exact) mass is 225 g/mol. The molecule has 0 aliphatic rings. The van der Waals surface area contributed by atoms with Crippen molar-refractivity contribution in [2.45, 2.75) is 6.92 Å². The Morgan fingerprint density at radius 1 is 1.18 bits per heavy atom. The van der Waals surface area contributed by atoms with E-state index in [-0.39, 0.29) is 5.88 Å². The van der Waals surface area contributed by atoms with Crippen molar-refractivity contribution in [2.75, 3.05) is 0 Å². The number of rotatable bonds is 1. The molecular weight excluding hydrogens is 214 g/mol. The highest BCUT2D eigenvalue weighted by atomic mass is 16.3. The van der Waals surface area contributed by atoms with Gasteiger partial charge >= 0.3 is 0 Å². The Hall–Kier alpha value is -2.36. The molecule has 84 valence electrons. The largest absolute Gasteiger partial charge is 0.493 e. The minimum absolute atomic E-state index is 0.128. The van der Waals surface area contributed by atoms with Crippen LogP contribution >= 0.6 is 0 Å². The van der Waals surface area contributed by atoms with Gasteiger partial charge in [-0.2, -0.15) is 9.61 Å². The summed E-state index contributed by atoms with van der Waals surface area (Å²) in [5, 5.41) is 14.2. The van der Waals surface area contributed by atoms with Crippen LogP contribution in [-0.2, 0) is 0 Å². The third-order valence-electron chi connectivity index (χ3n) is 2.80. The molecule has 0 saturated heterocycles. The van der Waals surface area contributed by atoms with E-state index in [1.165, 1.54) is 10.8 Å². The third-order valence-corrected chi connectivity index (χ3v) is 2.80. The summed E-state index contributed by atoms with van der Waals surface area (Å²) in [6.07, 6.45) is 1.43. The van der Waals surface area contributed by atoms with Crippen LogP contribution in [0, 0.1) is 6.92 Å². The fourth-order valence-corrected chi connectivity index (χ4v) is 2.02. The van der Waals surface area contributed by atoms with Crippen LogP contribution in [0.3, 0.4) is 0 Å². The quantitative estimate of drug-likeness (QED) is 0.691. The van der Waals surface area contributed by atoms with Crippen LogP contribution in [0.1, 0.15) is 5.56 Å². The second kappa shape index (κ2) is 3.59. The van der Waals surface area contributed by atoms with Gasteiger partial charge in [0, 0.05) is 5.56 Å². The average molecular weight is 225 g/mol. The lowest BCUT2D eigenvalue weighted by atomic mass is 10.0. The smallest absolute Gasteiger partial charge is 0.222 e. The molecule has 0 bridgehead atoms. The molecule has 0 radical (unpaired) electrons. The Bertz CT molecular complexity index is 674. The van der Waals surface area contributed by atoms with Crippen LogP contribution in [-0.4, -0.2) is 19.7 Å². The number of aryl methyl sites for hydroxylation is 1. The molecule has 0 aliphatic heterocycles. The summed E-state index contributed by atoms with van der Waals surface area (Å²) in [6.45, 7) is 1.96. The van der Waals surface area contributed by atoms with E-state index < -0.39 is 0 Å². The van der Waals surface area contributed by atoms with Gasteiger partial charge in [0.05, 0.1) is 0 Å². The lowest BCUT2D eigenvalue weighted by Gasteiger charge is -2.09. The molecule has 0 atom stereocenters. The molecule has 3 rings (SSSR count). The Morgan fingerprint density at radius 3 is 2.71 bits per heavy atom. The zero-order valence-electron chi connectivity index (χ0n) is 9.33. The van der Waals surface area contributed by atoms with Gasteiger partial charge in [0.2, 0.25) is 5.88 Å². The number of aromatic hydroxyl groups is 1. The first-order valence-corrected chi connectivity index (χ1v) is 5.35. The van der Waals surface area contributed by atoms with Crippen LogP contribution in [0.4, 0.5) is 0 Å². The van der Waals surface area contributed by atoms with E-state index in [1.807, 2.05) is 43.3 Å². The molecule has 3 aromatic rings. The normalized spacial score (nSPS) is 10.9. The maximum absolute atomic E-state index is 10.2. The predicted octanol–water partition coefficient (Wildman–Crippen LogP) is 2.41. The molecule has 2 heterocycles. The van der Waals surface area contributed by atoms with Gasteiger partial charge in [0.25, 0.3) is 0 Å². The highest BCUT2D eigenvalue weighted by Gasteiger charge is 2.12. The lowest BCUT2D eigenvalue weighted by molar-refractivity contribution is 0.438. The molecule has 1 aromatic carbocycles. The van der Waals surface area contributed by atoms with Gasteiger partial charge in [0.15, 0.2) is 5.65 Å². The fourth-order valence-electron chi connectivity index (χ4n) is 2.02. The van der Waals surface area contributed by atoms with Gasteiger partial charge < -0.3 is 5.11 Å². The van der Waals surface area contributed by atoms with E-state index in [0.29, 0.717) is 5.65 Å². The number of aromatic nitrogens is 3. The number of hydrogen-bond donors (Lipinski definition) is 1. The summed E-state index contributed by atoms with van der Waals surface area (Å²) in [5.41, 5.74) is 3.40. The SMILES string of the molecule is Cc1cc2ncnn2c(O)c1-c1ccccc1. The van der Waals surface area contributed by atoms with Gasteiger partial charge in [0.1, 0.15) is 6.33 Å². The van der Waals surface area contributed by atoms with Crippen molar-refractivity contribution in [1.82, 2.24) is 14.6 Å². The maximum atomic E-state index is 10.2. The second-order valence-electron chi connectivity index (χ2n) is 3.92. The van der Waals surface area contributed by atoms with Crippen molar-refractivity contribution in [3.8, 4) is 17.0 Å². The highest BCUT2D eigenvalue weighted by Crippen LogP contribution is 2.32. The molecule has 1 N–H and O–H groups in total. The summed E-state index contributed by atoms with van der Waals surface area (Å²) in [6, 6.07) is 11.7. The predicted molar refractivity (Wildman–Crippen MR) is 64.8 cm³/mol. The van der Waals surface area contributed by atoms with Crippen LogP contribution in [0.2, 0.25) is 0 Å². The minimum Gasteiger partial charge on any atom is -0.493 e. The lowest BCUT2D eigenvalue weighted by Crippen LogP contribution is -1.94. The maximum Gasteiger partial charge on any atom is 0.222 e. The van der Waals surface area contributed by atoms with E-state index in [4.69, 9.17) is 0 Å². The van der Waals surface area contributed by atoms with Crippen LogP contribution in [0.25, 0.3) is 16.8 Å². The molecule has 0 aliphatic carbocycles. The van der Waals surface area contributed by atoms with E-state index >= 15 is 0 Å². The summed E-state index contributed by atoms with van der Waals surface area (Å²) in [4.78, 5) is 4.07. The zero-order chi connectivity index (χ0) is 11.8. The summed E-state index contributed by atoms with van der Waals surface area (Å²) in [5.74, 6) is 0.128. The number of hydrogen-bond acceptors (Lipinski definition) is 3. The average Bonchev–Trinajstić information content (AvgIpc) is 2.78. The first kappa shape index (κ1) is 9.84. The van der Waals surface area contributed by atoms with Crippen molar-refractivity contribution in [3.05, 3.63) is 48.3 Å². The van der Waals surface area contributed by atoms with Crippen molar-refractivity contribution in [2.24, 2.45) is 0 Å². The number of fused-ring (bicyclic) bond motifs is 1. The Morgan fingerprint density at radius 2 is 1.94 bits per heavy atom. The first-order chi connectivity index (χ1) is 8.27. The molecule has 17 heavy (non-hydrogen) atoms. The molecule has 0 fully saturated rings. The van der Waals surface area contributed by atoms with Gasteiger partial charge in [-0.1, -0.05) is 30.3 Å². The van der Waals surface area contributed by atoms with Gasteiger partial charge in [-0.3, -0.25) is 0 Å². The summed E-state index contributed by atoms with van der Waals surface area (Å²) >= 11 is 0. The minimum atomic E-state index is 0.128. The molecule has 2 aromatic heterocycles. The number of nitrogens with zero attached hydrogens (tertiary/aromatic N) is 3. The van der Waals surface area contributed by atoms with E-state index in [2.05, 4.69) is 10.1 Å². The van der Waals surface area contributed by atoms with Crippen molar-refractivity contribution in [3.63, 3.8) is 0 Å². The van der Waals surface area contributed by atoms with Crippen molar-refractivity contribution < 1.29 is 5.11 Å². The first-order valence-electron chi connectivity index (χ1n) is 5.35. The number of pyridine rings is 1. The highest BCUT2D eigenvalue weighted by molar-refractivity contribution is 5.74. The van der Waals surface area contributed by atoms with Gasteiger partial charge in [-0.25, -0.2) is 4.98 Å². The van der Waals surface area contributed by atoms with Crippen molar-refractivity contribution >= 4 is 5.65 Å². The Balaban J connectivity index is 2.36. The second-order valence-corrected chi connectivity index (χ2v) is 3.92.